The van der Waals surface area contributed by atoms with Crippen molar-refractivity contribution in [1.29, 1.82) is 0 Å². The van der Waals surface area contributed by atoms with Gasteiger partial charge < -0.3 is 5.32 Å². The lowest BCUT2D eigenvalue weighted by Gasteiger charge is -2.14. The summed E-state index contributed by atoms with van der Waals surface area (Å²) in [6, 6.07) is 4.81. The Morgan fingerprint density at radius 2 is 2.06 bits per heavy atom. The monoisotopic (exact) mass is 263 g/mol. The van der Waals surface area contributed by atoms with Crippen LogP contribution < -0.4 is 5.32 Å². The average Bonchev–Trinajstić information content (AvgIpc) is 2.24. The van der Waals surface area contributed by atoms with Crippen LogP contribution >= 0.6 is 23.2 Å². The van der Waals surface area contributed by atoms with E-state index in [0.717, 1.165) is 5.56 Å². The van der Waals surface area contributed by atoms with E-state index in [9.17, 15) is 4.39 Å². The number of alkyl halides is 1. The van der Waals surface area contributed by atoms with E-state index in [1.165, 1.54) is 6.07 Å². The Bertz CT molecular complexity index is 342. The Balaban J connectivity index is 2.46. The van der Waals surface area contributed by atoms with Crippen molar-refractivity contribution in [3.05, 3.63) is 34.6 Å². The summed E-state index contributed by atoms with van der Waals surface area (Å²) in [5.74, 6) is 0.0318. The van der Waals surface area contributed by atoms with Crippen molar-refractivity contribution in [2.24, 2.45) is 5.92 Å². The smallest absolute Gasteiger partial charge is 0.142 e. The molecule has 1 N–H and O–H groups in total. The van der Waals surface area contributed by atoms with Crippen LogP contribution in [0.15, 0.2) is 18.2 Å². The lowest BCUT2D eigenvalue weighted by Crippen LogP contribution is -2.26. The highest BCUT2D eigenvalue weighted by Crippen LogP contribution is 2.19. The lowest BCUT2D eigenvalue weighted by molar-refractivity contribution is 0.544. The molecule has 90 valence electrons. The van der Waals surface area contributed by atoms with Gasteiger partial charge >= 0.3 is 0 Å². The molecule has 4 heteroatoms. The molecule has 0 aromatic heterocycles. The zero-order valence-corrected chi connectivity index (χ0v) is 10.9. The Labute approximate surface area is 106 Å². The third-order valence-electron chi connectivity index (χ3n) is 2.41. The summed E-state index contributed by atoms with van der Waals surface area (Å²) in [6.07, 6.45) is 0. The molecular weight excluding hydrogens is 248 g/mol. The van der Waals surface area contributed by atoms with Crippen molar-refractivity contribution in [3.8, 4) is 0 Å². The van der Waals surface area contributed by atoms with E-state index in [0.29, 0.717) is 19.0 Å². The van der Waals surface area contributed by atoms with Gasteiger partial charge in [-0.15, -0.1) is 11.6 Å². The average molecular weight is 264 g/mol. The van der Waals surface area contributed by atoms with Gasteiger partial charge in [-0.05, 0) is 17.5 Å². The third kappa shape index (κ3) is 3.93. The molecule has 1 nitrogen and oxygen atoms in total. The first-order valence-corrected chi connectivity index (χ1v) is 6.11. The van der Waals surface area contributed by atoms with Crippen LogP contribution in [0, 0.1) is 11.7 Å². The standard InChI is InChI=1S/C12H16Cl2FN/c1-8(2)10(13)7-16-6-9-4-3-5-11(15)12(9)14/h3-5,8,10,16H,6-7H2,1-2H3. The number of rotatable bonds is 5. The van der Waals surface area contributed by atoms with E-state index in [1.54, 1.807) is 12.1 Å². The maximum absolute atomic E-state index is 13.1. The summed E-state index contributed by atoms with van der Waals surface area (Å²) < 4.78 is 13.1. The predicted molar refractivity (Wildman–Crippen MR) is 67.6 cm³/mol. The number of benzene rings is 1. The van der Waals surface area contributed by atoms with Gasteiger partial charge in [0.25, 0.3) is 0 Å². The first kappa shape index (κ1) is 13.8. The molecule has 0 bridgehead atoms. The fourth-order valence-electron chi connectivity index (χ4n) is 1.27. The second kappa shape index (κ2) is 6.43. The summed E-state index contributed by atoms with van der Waals surface area (Å²) in [7, 11) is 0. The molecule has 1 rings (SSSR count). The van der Waals surface area contributed by atoms with Crippen molar-refractivity contribution in [1.82, 2.24) is 5.32 Å². The Morgan fingerprint density at radius 3 is 2.69 bits per heavy atom. The van der Waals surface area contributed by atoms with E-state index in [1.807, 2.05) is 0 Å². The minimum Gasteiger partial charge on any atom is -0.311 e. The van der Waals surface area contributed by atoms with Crippen molar-refractivity contribution >= 4 is 23.2 Å². The Hall–Kier alpha value is -0.310. The van der Waals surface area contributed by atoms with Gasteiger partial charge in [0.05, 0.1) is 5.02 Å². The minimum atomic E-state index is -0.382. The summed E-state index contributed by atoms with van der Waals surface area (Å²) in [5.41, 5.74) is 0.759. The van der Waals surface area contributed by atoms with Crippen LogP contribution in [0.1, 0.15) is 19.4 Å². The molecule has 16 heavy (non-hydrogen) atoms. The van der Waals surface area contributed by atoms with Crippen molar-refractivity contribution in [2.45, 2.75) is 25.8 Å². The number of hydrogen-bond acceptors (Lipinski definition) is 1. The summed E-state index contributed by atoms with van der Waals surface area (Å²) in [4.78, 5) is 0. The van der Waals surface area contributed by atoms with E-state index in [-0.39, 0.29) is 16.2 Å². The fraction of sp³-hybridized carbons (Fsp3) is 0.500. The largest absolute Gasteiger partial charge is 0.311 e. The fourth-order valence-corrected chi connectivity index (χ4v) is 1.57. The number of hydrogen-bond donors (Lipinski definition) is 1. The minimum absolute atomic E-state index is 0.0762. The molecule has 0 saturated heterocycles. The van der Waals surface area contributed by atoms with Gasteiger partial charge in [0, 0.05) is 18.5 Å². The predicted octanol–water partition coefficient (Wildman–Crippen LogP) is 3.83. The van der Waals surface area contributed by atoms with Gasteiger partial charge in [-0.2, -0.15) is 0 Å². The van der Waals surface area contributed by atoms with Crippen molar-refractivity contribution in [3.63, 3.8) is 0 Å². The van der Waals surface area contributed by atoms with Crippen LogP contribution in [0.5, 0.6) is 0 Å². The van der Waals surface area contributed by atoms with Gasteiger partial charge in [0.2, 0.25) is 0 Å². The van der Waals surface area contributed by atoms with E-state index in [4.69, 9.17) is 23.2 Å². The molecule has 1 atom stereocenters. The van der Waals surface area contributed by atoms with Gasteiger partial charge in [0.15, 0.2) is 0 Å². The van der Waals surface area contributed by atoms with Gasteiger partial charge in [-0.1, -0.05) is 37.6 Å². The van der Waals surface area contributed by atoms with E-state index >= 15 is 0 Å². The van der Waals surface area contributed by atoms with Gasteiger partial charge in [-0.3, -0.25) is 0 Å². The molecule has 0 fully saturated rings. The molecular formula is C12H16Cl2FN. The molecule has 0 aliphatic heterocycles. The first-order chi connectivity index (χ1) is 7.52. The summed E-state index contributed by atoms with van der Waals surface area (Å²) in [5, 5.41) is 3.43. The Kier molecular flexibility index (Phi) is 5.53. The van der Waals surface area contributed by atoms with Gasteiger partial charge in [0.1, 0.15) is 5.82 Å². The van der Waals surface area contributed by atoms with Crippen LogP contribution in [0.3, 0.4) is 0 Å². The van der Waals surface area contributed by atoms with Crippen LogP contribution in [0.25, 0.3) is 0 Å². The SMILES string of the molecule is CC(C)C(Cl)CNCc1cccc(F)c1Cl. The van der Waals surface area contributed by atoms with Crippen molar-refractivity contribution < 1.29 is 4.39 Å². The second-order valence-corrected chi connectivity index (χ2v) is 5.04. The van der Waals surface area contributed by atoms with Crippen LogP contribution in [-0.2, 0) is 6.54 Å². The molecule has 1 unspecified atom stereocenters. The summed E-state index contributed by atoms with van der Waals surface area (Å²) >= 11 is 11.9. The van der Waals surface area contributed by atoms with E-state index in [2.05, 4.69) is 19.2 Å². The maximum atomic E-state index is 13.1. The molecule has 0 heterocycles. The molecule has 0 saturated carbocycles. The first-order valence-electron chi connectivity index (χ1n) is 5.30. The zero-order chi connectivity index (χ0) is 12.1. The number of nitrogens with one attached hydrogen (secondary N) is 1. The Morgan fingerprint density at radius 1 is 1.38 bits per heavy atom. The molecule has 0 aliphatic rings. The van der Waals surface area contributed by atoms with Crippen LogP contribution in [0.2, 0.25) is 5.02 Å². The highest BCUT2D eigenvalue weighted by atomic mass is 35.5. The highest BCUT2D eigenvalue weighted by molar-refractivity contribution is 6.31. The third-order valence-corrected chi connectivity index (χ3v) is 3.49. The van der Waals surface area contributed by atoms with E-state index < -0.39 is 0 Å². The molecule has 1 aromatic rings. The molecule has 0 aliphatic carbocycles. The normalized spacial score (nSPS) is 13.1. The lowest BCUT2D eigenvalue weighted by atomic mass is 10.1. The highest BCUT2D eigenvalue weighted by Gasteiger charge is 2.10. The maximum Gasteiger partial charge on any atom is 0.142 e. The quantitative estimate of drug-likeness (QED) is 0.797. The van der Waals surface area contributed by atoms with Crippen LogP contribution in [0.4, 0.5) is 4.39 Å². The second-order valence-electron chi connectivity index (χ2n) is 4.10. The zero-order valence-electron chi connectivity index (χ0n) is 9.43. The molecule has 0 radical (unpaired) electrons. The molecule has 1 aromatic carbocycles. The number of halogens is 3. The van der Waals surface area contributed by atoms with Crippen molar-refractivity contribution in [2.75, 3.05) is 6.54 Å². The topological polar surface area (TPSA) is 12.0 Å². The molecule has 0 spiro atoms. The van der Waals surface area contributed by atoms with Gasteiger partial charge in [-0.25, -0.2) is 4.39 Å². The van der Waals surface area contributed by atoms with Crippen LogP contribution in [-0.4, -0.2) is 11.9 Å². The molecule has 0 amide bonds. The summed E-state index contributed by atoms with van der Waals surface area (Å²) in [6.45, 7) is 5.35.